The lowest BCUT2D eigenvalue weighted by Crippen LogP contribution is -2.51. The van der Waals surface area contributed by atoms with Crippen molar-refractivity contribution in [3.63, 3.8) is 0 Å². The third kappa shape index (κ3) is 7.06. The van der Waals surface area contributed by atoms with E-state index in [0.717, 1.165) is 10.6 Å². The molecule has 1 unspecified atom stereocenters. The monoisotopic (exact) mass is 499 g/mol. The van der Waals surface area contributed by atoms with Crippen molar-refractivity contribution in [3.8, 4) is 5.75 Å². The van der Waals surface area contributed by atoms with E-state index in [1.807, 2.05) is 0 Å². The number of likely N-dealkylation sites (N-methyl/N-ethyl adjacent to an activating group) is 1. The molecule has 0 aliphatic rings. The maximum atomic E-state index is 13.4. The number of carbonyl (C=O) groups is 2. The van der Waals surface area contributed by atoms with Crippen molar-refractivity contribution >= 4 is 39.1 Å². The van der Waals surface area contributed by atoms with Gasteiger partial charge in [-0.1, -0.05) is 23.7 Å². The molecular formula is C22H27ClFN3O5S. The summed E-state index contributed by atoms with van der Waals surface area (Å²) < 4.78 is 44.7. The number of methoxy groups -OCH3 is 1. The van der Waals surface area contributed by atoms with E-state index < -0.39 is 40.2 Å². The molecule has 0 bridgehead atoms. The van der Waals surface area contributed by atoms with Gasteiger partial charge in [0.05, 0.1) is 19.1 Å². The maximum Gasteiger partial charge on any atom is 0.244 e. The predicted molar refractivity (Wildman–Crippen MR) is 125 cm³/mol. The largest absolute Gasteiger partial charge is 0.495 e. The number of sulfonamides is 1. The zero-order valence-corrected chi connectivity index (χ0v) is 20.4. The second kappa shape index (κ2) is 11.3. The van der Waals surface area contributed by atoms with Crippen molar-refractivity contribution in [1.29, 1.82) is 0 Å². The zero-order valence-electron chi connectivity index (χ0n) is 18.8. The van der Waals surface area contributed by atoms with Crippen LogP contribution in [0.3, 0.4) is 0 Å². The smallest absolute Gasteiger partial charge is 0.244 e. The molecule has 0 saturated carbocycles. The van der Waals surface area contributed by atoms with Gasteiger partial charge in [0.1, 0.15) is 24.2 Å². The molecule has 0 saturated heterocycles. The second-order valence-corrected chi connectivity index (χ2v) is 9.65. The van der Waals surface area contributed by atoms with Crippen LogP contribution in [0.15, 0.2) is 42.5 Å². The number of halogens is 2. The van der Waals surface area contributed by atoms with Crippen LogP contribution in [0.25, 0.3) is 0 Å². The molecule has 2 rings (SSSR count). The molecule has 0 spiro atoms. The molecule has 0 heterocycles. The van der Waals surface area contributed by atoms with Crippen LogP contribution >= 0.6 is 11.6 Å². The maximum absolute atomic E-state index is 13.4. The molecule has 33 heavy (non-hydrogen) atoms. The number of hydrogen-bond donors (Lipinski definition) is 1. The van der Waals surface area contributed by atoms with Gasteiger partial charge >= 0.3 is 0 Å². The summed E-state index contributed by atoms with van der Waals surface area (Å²) in [7, 11) is -2.57. The molecule has 2 aromatic carbocycles. The first kappa shape index (κ1) is 26.4. The number of nitrogens with one attached hydrogen (secondary N) is 1. The molecule has 11 heteroatoms. The summed E-state index contributed by atoms with van der Waals surface area (Å²) >= 11 is 6.06. The van der Waals surface area contributed by atoms with Gasteiger partial charge in [0.2, 0.25) is 21.8 Å². The molecule has 0 radical (unpaired) electrons. The number of nitrogens with zero attached hydrogens (tertiary/aromatic N) is 2. The Morgan fingerprint density at radius 1 is 1.18 bits per heavy atom. The number of carbonyl (C=O) groups excluding carboxylic acids is 2. The van der Waals surface area contributed by atoms with E-state index in [9.17, 15) is 22.4 Å². The van der Waals surface area contributed by atoms with Gasteiger partial charge in [0, 0.05) is 18.1 Å². The van der Waals surface area contributed by atoms with Crippen LogP contribution in [0.4, 0.5) is 10.1 Å². The number of amides is 2. The van der Waals surface area contributed by atoms with Gasteiger partial charge in [-0.2, -0.15) is 0 Å². The van der Waals surface area contributed by atoms with Crippen molar-refractivity contribution in [2.75, 3.05) is 30.8 Å². The highest BCUT2D eigenvalue weighted by Crippen LogP contribution is 2.33. The third-order valence-corrected chi connectivity index (χ3v) is 6.23. The summed E-state index contributed by atoms with van der Waals surface area (Å²) in [5.74, 6) is -1.27. The highest BCUT2D eigenvalue weighted by molar-refractivity contribution is 7.92. The molecule has 2 amide bonds. The van der Waals surface area contributed by atoms with Crippen molar-refractivity contribution in [1.82, 2.24) is 10.2 Å². The standard InChI is InChI=1S/C22H27ClFN3O5S/c1-5-25-22(29)15(2)26(13-16-6-9-18(24)10-7-16)21(28)14-27(33(4,30)31)19-12-17(23)8-11-20(19)32-3/h6-12,15H,5,13-14H2,1-4H3,(H,25,29). The van der Waals surface area contributed by atoms with Crippen molar-refractivity contribution in [2.45, 2.75) is 26.4 Å². The van der Waals surface area contributed by atoms with Crippen LogP contribution in [0.1, 0.15) is 19.4 Å². The lowest BCUT2D eigenvalue weighted by Gasteiger charge is -2.31. The fraction of sp³-hybridized carbons (Fsp3) is 0.364. The average Bonchev–Trinajstić information content (AvgIpc) is 2.75. The number of rotatable bonds is 10. The van der Waals surface area contributed by atoms with Crippen molar-refractivity contribution in [3.05, 3.63) is 58.9 Å². The molecule has 180 valence electrons. The van der Waals surface area contributed by atoms with Gasteiger partial charge in [-0.25, -0.2) is 12.8 Å². The van der Waals surface area contributed by atoms with Crippen LogP contribution in [-0.2, 0) is 26.2 Å². The SMILES string of the molecule is CCNC(=O)C(C)N(Cc1ccc(F)cc1)C(=O)CN(c1cc(Cl)ccc1OC)S(C)(=O)=O. The molecule has 0 aliphatic heterocycles. The van der Waals surface area contributed by atoms with Gasteiger partial charge in [0.15, 0.2) is 0 Å². The quantitative estimate of drug-likeness (QED) is 0.542. The van der Waals surface area contributed by atoms with E-state index in [-0.39, 0.29) is 23.0 Å². The van der Waals surface area contributed by atoms with Gasteiger partial charge in [-0.3, -0.25) is 13.9 Å². The Morgan fingerprint density at radius 3 is 2.36 bits per heavy atom. The number of hydrogen-bond acceptors (Lipinski definition) is 5. The Labute approximate surface area is 198 Å². The average molecular weight is 500 g/mol. The van der Waals surface area contributed by atoms with Gasteiger partial charge in [-0.15, -0.1) is 0 Å². The Kier molecular flexibility index (Phi) is 9.07. The molecule has 1 atom stereocenters. The Morgan fingerprint density at radius 2 is 1.82 bits per heavy atom. The summed E-state index contributed by atoms with van der Waals surface area (Å²) in [5, 5.41) is 2.91. The van der Waals surface area contributed by atoms with E-state index in [1.54, 1.807) is 6.92 Å². The molecular weight excluding hydrogens is 473 g/mol. The van der Waals surface area contributed by atoms with Gasteiger partial charge in [-0.05, 0) is 49.7 Å². The van der Waals surface area contributed by atoms with Gasteiger partial charge in [0.25, 0.3) is 0 Å². The summed E-state index contributed by atoms with van der Waals surface area (Å²) in [5.41, 5.74) is 0.667. The van der Waals surface area contributed by atoms with Gasteiger partial charge < -0.3 is 15.0 Å². The highest BCUT2D eigenvalue weighted by Gasteiger charge is 2.31. The highest BCUT2D eigenvalue weighted by atomic mass is 35.5. The zero-order chi connectivity index (χ0) is 24.8. The van der Waals surface area contributed by atoms with Crippen LogP contribution in [-0.4, -0.2) is 57.6 Å². The van der Waals surface area contributed by atoms with E-state index in [1.165, 1.54) is 61.4 Å². The summed E-state index contributed by atoms with van der Waals surface area (Å²) in [6, 6.07) is 8.97. The van der Waals surface area contributed by atoms with Crippen molar-refractivity contribution in [2.24, 2.45) is 0 Å². The van der Waals surface area contributed by atoms with E-state index in [0.29, 0.717) is 12.1 Å². The minimum atomic E-state index is -3.93. The van der Waals surface area contributed by atoms with E-state index in [4.69, 9.17) is 16.3 Å². The Balaban J connectivity index is 2.44. The molecule has 2 aromatic rings. The van der Waals surface area contributed by atoms with Crippen LogP contribution < -0.4 is 14.4 Å². The predicted octanol–water partition coefficient (Wildman–Crippen LogP) is 2.81. The molecule has 8 nitrogen and oxygen atoms in total. The Bertz CT molecular complexity index is 1100. The first-order chi connectivity index (χ1) is 15.5. The fourth-order valence-electron chi connectivity index (χ4n) is 3.14. The lowest BCUT2D eigenvalue weighted by atomic mass is 10.1. The minimum absolute atomic E-state index is 0.0261. The third-order valence-electron chi connectivity index (χ3n) is 4.87. The minimum Gasteiger partial charge on any atom is -0.495 e. The normalized spacial score (nSPS) is 12.1. The second-order valence-electron chi connectivity index (χ2n) is 7.30. The van der Waals surface area contributed by atoms with E-state index >= 15 is 0 Å². The molecule has 0 aromatic heterocycles. The first-order valence-electron chi connectivity index (χ1n) is 10.1. The molecule has 1 N–H and O–H groups in total. The Hall–Kier alpha value is -2.85. The molecule has 0 fully saturated rings. The fourth-order valence-corrected chi connectivity index (χ4v) is 4.16. The van der Waals surface area contributed by atoms with Crippen LogP contribution in [0.5, 0.6) is 5.75 Å². The number of anilines is 1. The van der Waals surface area contributed by atoms with Crippen LogP contribution in [0.2, 0.25) is 5.02 Å². The summed E-state index contributed by atoms with van der Waals surface area (Å²) in [4.78, 5) is 27.1. The van der Waals surface area contributed by atoms with Crippen molar-refractivity contribution < 1.29 is 27.1 Å². The lowest BCUT2D eigenvalue weighted by molar-refractivity contribution is -0.139. The first-order valence-corrected chi connectivity index (χ1v) is 12.3. The number of ether oxygens (including phenoxy) is 1. The van der Waals surface area contributed by atoms with Crippen LogP contribution in [0, 0.1) is 5.82 Å². The molecule has 0 aliphatic carbocycles. The topological polar surface area (TPSA) is 96.0 Å². The summed E-state index contributed by atoms with van der Waals surface area (Å²) in [6.07, 6.45) is 0.957. The van der Waals surface area contributed by atoms with E-state index in [2.05, 4.69) is 5.32 Å². The summed E-state index contributed by atoms with van der Waals surface area (Å²) in [6.45, 7) is 3.02. The number of benzene rings is 2.